The molecule has 0 fully saturated rings. The SMILES string of the molecule is CCOC(=O)c1ccc(CN(C(C)=O)C(=O)OC(C)(C)C)cc1. The third kappa shape index (κ3) is 6.10. The van der Waals surface area contributed by atoms with Gasteiger partial charge in [-0.25, -0.2) is 14.5 Å². The lowest BCUT2D eigenvalue weighted by molar-refractivity contribution is -0.128. The van der Waals surface area contributed by atoms with Crippen molar-refractivity contribution in [3.63, 3.8) is 0 Å². The molecule has 126 valence electrons. The summed E-state index contributed by atoms with van der Waals surface area (Å²) < 4.78 is 10.1. The summed E-state index contributed by atoms with van der Waals surface area (Å²) in [4.78, 5) is 36.4. The van der Waals surface area contributed by atoms with Gasteiger partial charge in [0.25, 0.3) is 0 Å². The smallest absolute Gasteiger partial charge is 0.417 e. The Balaban J connectivity index is 2.83. The fourth-order valence-corrected chi connectivity index (χ4v) is 1.76. The van der Waals surface area contributed by atoms with Crippen LogP contribution >= 0.6 is 0 Å². The number of carbonyl (C=O) groups excluding carboxylic acids is 3. The van der Waals surface area contributed by atoms with E-state index in [-0.39, 0.29) is 6.54 Å². The molecule has 0 heterocycles. The second kappa shape index (κ2) is 7.76. The Labute approximate surface area is 136 Å². The van der Waals surface area contributed by atoms with Crippen molar-refractivity contribution in [2.75, 3.05) is 6.61 Å². The summed E-state index contributed by atoms with van der Waals surface area (Å²) in [6, 6.07) is 6.54. The topological polar surface area (TPSA) is 72.9 Å². The van der Waals surface area contributed by atoms with Gasteiger partial charge in [0.15, 0.2) is 0 Å². The van der Waals surface area contributed by atoms with E-state index in [0.717, 1.165) is 4.90 Å². The number of imide groups is 1. The average molecular weight is 321 g/mol. The lowest BCUT2D eigenvalue weighted by Gasteiger charge is -2.25. The first-order chi connectivity index (χ1) is 10.6. The number of amides is 2. The number of benzene rings is 1. The molecule has 0 radical (unpaired) electrons. The van der Waals surface area contributed by atoms with E-state index < -0.39 is 23.6 Å². The Bertz CT molecular complexity index is 572. The molecule has 1 aromatic carbocycles. The van der Waals surface area contributed by atoms with E-state index in [1.54, 1.807) is 52.0 Å². The first-order valence-corrected chi connectivity index (χ1v) is 7.41. The maximum atomic E-state index is 12.1. The molecule has 0 bridgehead atoms. The van der Waals surface area contributed by atoms with Crippen molar-refractivity contribution < 1.29 is 23.9 Å². The normalized spacial score (nSPS) is 10.8. The summed E-state index contributed by atoms with van der Waals surface area (Å²) >= 11 is 0. The van der Waals surface area contributed by atoms with Gasteiger partial charge in [-0.15, -0.1) is 0 Å². The molecule has 2 amide bonds. The Morgan fingerprint density at radius 1 is 1.09 bits per heavy atom. The zero-order valence-electron chi connectivity index (χ0n) is 14.2. The van der Waals surface area contributed by atoms with Crippen molar-refractivity contribution in [1.82, 2.24) is 4.90 Å². The van der Waals surface area contributed by atoms with Crippen LogP contribution in [-0.2, 0) is 20.8 Å². The van der Waals surface area contributed by atoms with E-state index >= 15 is 0 Å². The third-order valence-electron chi connectivity index (χ3n) is 2.80. The van der Waals surface area contributed by atoms with Crippen LogP contribution in [0.4, 0.5) is 4.79 Å². The molecule has 0 N–H and O–H groups in total. The standard InChI is InChI=1S/C17H23NO5/c1-6-22-15(20)14-9-7-13(8-10-14)11-18(12(2)19)16(21)23-17(3,4)5/h7-10H,6,11H2,1-5H3. The second-order valence-corrected chi connectivity index (χ2v) is 6.00. The number of rotatable bonds is 4. The van der Waals surface area contributed by atoms with Crippen molar-refractivity contribution in [3.8, 4) is 0 Å². The Hall–Kier alpha value is -2.37. The van der Waals surface area contributed by atoms with Crippen LogP contribution < -0.4 is 0 Å². The van der Waals surface area contributed by atoms with Gasteiger partial charge in [0, 0.05) is 6.92 Å². The van der Waals surface area contributed by atoms with Crippen molar-refractivity contribution in [2.24, 2.45) is 0 Å². The summed E-state index contributed by atoms with van der Waals surface area (Å²) in [6.07, 6.45) is -0.695. The van der Waals surface area contributed by atoms with Crippen molar-refractivity contribution in [1.29, 1.82) is 0 Å². The molecule has 0 aliphatic carbocycles. The van der Waals surface area contributed by atoms with Gasteiger partial charge in [-0.05, 0) is 45.4 Å². The van der Waals surface area contributed by atoms with Crippen LogP contribution in [0.15, 0.2) is 24.3 Å². The molecule has 0 spiro atoms. The molecule has 23 heavy (non-hydrogen) atoms. The number of ether oxygens (including phenoxy) is 2. The maximum Gasteiger partial charge on any atom is 0.417 e. The molecule has 1 rings (SSSR count). The fraction of sp³-hybridized carbons (Fsp3) is 0.471. The zero-order chi connectivity index (χ0) is 17.6. The highest BCUT2D eigenvalue weighted by Crippen LogP contribution is 2.14. The zero-order valence-corrected chi connectivity index (χ0v) is 14.2. The largest absolute Gasteiger partial charge is 0.462 e. The highest BCUT2D eigenvalue weighted by atomic mass is 16.6. The van der Waals surface area contributed by atoms with E-state index in [4.69, 9.17) is 9.47 Å². The minimum absolute atomic E-state index is 0.0767. The summed E-state index contributed by atoms with van der Waals surface area (Å²) in [6.45, 7) is 8.62. The van der Waals surface area contributed by atoms with Crippen LogP contribution in [0.3, 0.4) is 0 Å². The van der Waals surface area contributed by atoms with Gasteiger partial charge in [-0.3, -0.25) is 4.79 Å². The predicted octanol–water partition coefficient (Wildman–Crippen LogP) is 3.15. The quantitative estimate of drug-likeness (QED) is 0.797. The van der Waals surface area contributed by atoms with Crippen LogP contribution in [-0.4, -0.2) is 35.1 Å². The molecule has 6 nitrogen and oxygen atoms in total. The summed E-state index contributed by atoms with van der Waals surface area (Å²) in [7, 11) is 0. The van der Waals surface area contributed by atoms with E-state index in [0.29, 0.717) is 17.7 Å². The highest BCUT2D eigenvalue weighted by Gasteiger charge is 2.25. The van der Waals surface area contributed by atoms with E-state index in [2.05, 4.69) is 0 Å². The lowest BCUT2D eigenvalue weighted by atomic mass is 10.1. The van der Waals surface area contributed by atoms with Crippen LogP contribution in [0.5, 0.6) is 0 Å². The van der Waals surface area contributed by atoms with Gasteiger partial charge in [0.05, 0.1) is 18.7 Å². The Morgan fingerprint density at radius 2 is 1.65 bits per heavy atom. The van der Waals surface area contributed by atoms with Gasteiger partial charge in [-0.1, -0.05) is 12.1 Å². The van der Waals surface area contributed by atoms with Crippen LogP contribution in [0.1, 0.15) is 50.5 Å². The van der Waals surface area contributed by atoms with Gasteiger partial charge < -0.3 is 9.47 Å². The van der Waals surface area contributed by atoms with Gasteiger partial charge in [-0.2, -0.15) is 0 Å². The third-order valence-corrected chi connectivity index (χ3v) is 2.80. The average Bonchev–Trinajstić information content (AvgIpc) is 2.43. The monoisotopic (exact) mass is 321 g/mol. The van der Waals surface area contributed by atoms with Gasteiger partial charge in [0.2, 0.25) is 5.91 Å². The van der Waals surface area contributed by atoms with E-state index in [1.807, 2.05) is 0 Å². The first kappa shape index (κ1) is 18.7. The molecular weight excluding hydrogens is 298 g/mol. The molecule has 0 aromatic heterocycles. The summed E-state index contributed by atoms with van der Waals surface area (Å²) in [5.74, 6) is -0.816. The van der Waals surface area contributed by atoms with Crippen LogP contribution in [0.2, 0.25) is 0 Å². The van der Waals surface area contributed by atoms with E-state index in [1.165, 1.54) is 6.92 Å². The van der Waals surface area contributed by atoms with Crippen LogP contribution in [0, 0.1) is 0 Å². The molecule has 0 atom stereocenters. The first-order valence-electron chi connectivity index (χ1n) is 7.41. The van der Waals surface area contributed by atoms with Gasteiger partial charge in [0.1, 0.15) is 5.60 Å². The molecule has 0 aliphatic rings. The van der Waals surface area contributed by atoms with E-state index in [9.17, 15) is 14.4 Å². The molecular formula is C17H23NO5. The highest BCUT2D eigenvalue weighted by molar-refractivity contribution is 5.91. The summed E-state index contributed by atoms with van der Waals surface area (Å²) in [5.41, 5.74) is 0.444. The Morgan fingerprint density at radius 3 is 2.09 bits per heavy atom. The number of hydrogen-bond donors (Lipinski definition) is 0. The molecule has 0 aliphatic heterocycles. The molecule has 6 heteroatoms. The predicted molar refractivity (Wildman–Crippen MR) is 84.9 cm³/mol. The van der Waals surface area contributed by atoms with Crippen LogP contribution in [0.25, 0.3) is 0 Å². The van der Waals surface area contributed by atoms with Gasteiger partial charge >= 0.3 is 12.1 Å². The fourth-order valence-electron chi connectivity index (χ4n) is 1.76. The van der Waals surface area contributed by atoms with Crippen molar-refractivity contribution in [2.45, 2.75) is 46.8 Å². The molecule has 0 saturated carbocycles. The molecule has 0 unspecified atom stereocenters. The number of hydrogen-bond acceptors (Lipinski definition) is 5. The number of esters is 1. The molecule has 1 aromatic rings. The Kier molecular flexibility index (Phi) is 6.30. The minimum atomic E-state index is -0.695. The number of nitrogens with zero attached hydrogens (tertiary/aromatic N) is 1. The second-order valence-electron chi connectivity index (χ2n) is 6.00. The van der Waals surface area contributed by atoms with Crippen molar-refractivity contribution in [3.05, 3.63) is 35.4 Å². The minimum Gasteiger partial charge on any atom is -0.462 e. The maximum absolute atomic E-state index is 12.1. The number of carbonyl (C=O) groups is 3. The molecule has 0 saturated heterocycles. The summed E-state index contributed by atoms with van der Waals surface area (Å²) in [5, 5.41) is 0. The van der Waals surface area contributed by atoms with Crippen molar-refractivity contribution >= 4 is 18.0 Å². The lowest BCUT2D eigenvalue weighted by Crippen LogP contribution is -2.39.